The fourth-order valence-electron chi connectivity index (χ4n) is 4.03. The first-order valence-corrected chi connectivity index (χ1v) is 10.6. The SMILES string of the molecule is Cc1ccc(C(=O)N2CCC(c3ccc(C#N)cc3)CC2)cc1N(CCC(N)=O)C(N)=O. The highest BCUT2D eigenvalue weighted by Crippen LogP contribution is 2.30. The zero-order valence-electron chi connectivity index (χ0n) is 18.1. The van der Waals surface area contributed by atoms with Gasteiger partial charge in [0.25, 0.3) is 5.91 Å². The molecule has 2 aromatic rings. The zero-order chi connectivity index (χ0) is 23.3. The number of hydrogen-bond donors (Lipinski definition) is 2. The smallest absolute Gasteiger partial charge is 0.319 e. The van der Waals surface area contributed by atoms with E-state index >= 15 is 0 Å². The van der Waals surface area contributed by atoms with Gasteiger partial charge in [-0.15, -0.1) is 0 Å². The first-order valence-electron chi connectivity index (χ1n) is 10.6. The van der Waals surface area contributed by atoms with Crippen molar-refractivity contribution >= 4 is 23.5 Å². The predicted octanol–water partition coefficient (Wildman–Crippen LogP) is 2.65. The van der Waals surface area contributed by atoms with E-state index in [1.54, 1.807) is 18.2 Å². The number of benzene rings is 2. The van der Waals surface area contributed by atoms with Gasteiger partial charge in [-0.2, -0.15) is 5.26 Å². The number of urea groups is 1. The molecule has 8 nitrogen and oxygen atoms in total. The molecule has 4 N–H and O–H groups in total. The Morgan fingerprint density at radius 3 is 2.31 bits per heavy atom. The Morgan fingerprint density at radius 1 is 1.09 bits per heavy atom. The molecule has 1 aliphatic rings. The molecule has 1 fully saturated rings. The van der Waals surface area contributed by atoms with Gasteiger partial charge in [-0.3, -0.25) is 14.5 Å². The van der Waals surface area contributed by atoms with Crippen LogP contribution < -0.4 is 16.4 Å². The number of rotatable bonds is 6. The summed E-state index contributed by atoms with van der Waals surface area (Å²) in [5.74, 6) is -0.297. The van der Waals surface area contributed by atoms with Crippen molar-refractivity contribution in [1.29, 1.82) is 5.26 Å². The molecule has 3 rings (SSSR count). The molecule has 0 spiro atoms. The molecule has 0 atom stereocenters. The number of aryl methyl sites for hydroxylation is 1. The van der Waals surface area contributed by atoms with Gasteiger partial charge >= 0.3 is 6.03 Å². The van der Waals surface area contributed by atoms with Crippen LogP contribution in [0.25, 0.3) is 0 Å². The zero-order valence-corrected chi connectivity index (χ0v) is 18.1. The van der Waals surface area contributed by atoms with E-state index < -0.39 is 11.9 Å². The minimum Gasteiger partial charge on any atom is -0.370 e. The fraction of sp³-hybridized carbons (Fsp3) is 0.333. The van der Waals surface area contributed by atoms with Crippen molar-refractivity contribution in [3.05, 3.63) is 64.7 Å². The number of amides is 4. The lowest BCUT2D eigenvalue weighted by Crippen LogP contribution is -2.39. The molecule has 1 saturated heterocycles. The quantitative estimate of drug-likeness (QED) is 0.724. The number of piperidine rings is 1. The van der Waals surface area contributed by atoms with Gasteiger partial charge in [-0.1, -0.05) is 18.2 Å². The predicted molar refractivity (Wildman–Crippen MR) is 121 cm³/mol. The van der Waals surface area contributed by atoms with Crippen LogP contribution in [-0.4, -0.2) is 42.4 Å². The van der Waals surface area contributed by atoms with Crippen molar-refractivity contribution in [3.8, 4) is 6.07 Å². The lowest BCUT2D eigenvalue weighted by Gasteiger charge is -2.32. The Labute approximate surface area is 187 Å². The lowest BCUT2D eigenvalue weighted by atomic mass is 9.89. The van der Waals surface area contributed by atoms with Crippen LogP contribution in [0.4, 0.5) is 10.5 Å². The molecule has 0 bridgehead atoms. The number of anilines is 1. The summed E-state index contributed by atoms with van der Waals surface area (Å²) >= 11 is 0. The average molecular weight is 434 g/mol. The number of carbonyl (C=O) groups excluding carboxylic acids is 3. The van der Waals surface area contributed by atoms with Gasteiger partial charge in [0.15, 0.2) is 0 Å². The summed E-state index contributed by atoms with van der Waals surface area (Å²) in [4.78, 5) is 39.3. The Bertz CT molecular complexity index is 1050. The molecular weight excluding hydrogens is 406 g/mol. The minimum absolute atomic E-state index is 0.0244. The van der Waals surface area contributed by atoms with Gasteiger partial charge in [0.05, 0.1) is 11.6 Å². The van der Waals surface area contributed by atoms with Gasteiger partial charge in [0.1, 0.15) is 0 Å². The molecule has 0 radical (unpaired) electrons. The highest BCUT2D eigenvalue weighted by molar-refractivity contribution is 5.98. The molecule has 0 aliphatic carbocycles. The highest BCUT2D eigenvalue weighted by atomic mass is 16.2. The van der Waals surface area contributed by atoms with E-state index in [-0.39, 0.29) is 18.9 Å². The van der Waals surface area contributed by atoms with Crippen LogP contribution in [0, 0.1) is 18.3 Å². The summed E-state index contributed by atoms with van der Waals surface area (Å²) in [6, 6.07) is 14.2. The van der Waals surface area contributed by atoms with Crippen LogP contribution in [0.15, 0.2) is 42.5 Å². The standard InChI is InChI=1S/C24H27N5O3/c1-16-2-5-20(14-21(16)29(24(27)32)13-10-22(26)30)23(31)28-11-8-19(9-12-28)18-6-3-17(15-25)4-7-18/h2-7,14,19H,8-13H2,1H3,(H2,26,30)(H2,27,32). The Morgan fingerprint density at radius 2 is 1.75 bits per heavy atom. The monoisotopic (exact) mass is 433 g/mol. The van der Waals surface area contributed by atoms with Gasteiger partial charge in [-0.25, -0.2) is 4.79 Å². The van der Waals surface area contributed by atoms with Crippen molar-refractivity contribution in [2.75, 3.05) is 24.5 Å². The number of nitrogens with zero attached hydrogens (tertiary/aromatic N) is 3. The van der Waals surface area contributed by atoms with E-state index in [0.29, 0.717) is 35.8 Å². The molecule has 32 heavy (non-hydrogen) atoms. The van der Waals surface area contributed by atoms with Crippen LogP contribution >= 0.6 is 0 Å². The van der Waals surface area contributed by atoms with Crippen molar-refractivity contribution < 1.29 is 14.4 Å². The molecular formula is C24H27N5O3. The van der Waals surface area contributed by atoms with Crippen molar-refractivity contribution in [2.45, 2.75) is 32.1 Å². The third-order valence-corrected chi connectivity index (χ3v) is 5.89. The number of nitrogens with two attached hydrogens (primary N) is 2. The van der Waals surface area contributed by atoms with Gasteiger partial charge in [0.2, 0.25) is 5.91 Å². The number of nitriles is 1. The normalized spacial score (nSPS) is 13.9. The molecule has 166 valence electrons. The maximum atomic E-state index is 13.1. The highest BCUT2D eigenvalue weighted by Gasteiger charge is 2.26. The van der Waals surface area contributed by atoms with Gasteiger partial charge in [-0.05, 0) is 61.1 Å². The van der Waals surface area contributed by atoms with E-state index in [9.17, 15) is 14.4 Å². The van der Waals surface area contributed by atoms with Crippen molar-refractivity contribution in [2.24, 2.45) is 11.5 Å². The number of carbonyl (C=O) groups is 3. The largest absolute Gasteiger partial charge is 0.370 e. The Balaban J connectivity index is 1.71. The van der Waals surface area contributed by atoms with Crippen molar-refractivity contribution in [3.63, 3.8) is 0 Å². The van der Waals surface area contributed by atoms with Gasteiger partial charge < -0.3 is 16.4 Å². The minimum atomic E-state index is -0.706. The van der Waals surface area contributed by atoms with E-state index in [1.165, 1.54) is 10.5 Å². The third-order valence-electron chi connectivity index (χ3n) is 5.89. The summed E-state index contributed by atoms with van der Waals surface area (Å²) in [5, 5.41) is 8.95. The molecule has 8 heteroatoms. The summed E-state index contributed by atoms with van der Waals surface area (Å²) in [5.41, 5.74) is 14.3. The Hall–Kier alpha value is -3.86. The summed E-state index contributed by atoms with van der Waals surface area (Å²) in [6.45, 7) is 3.11. The van der Waals surface area contributed by atoms with Crippen LogP contribution in [0.1, 0.15) is 52.2 Å². The van der Waals surface area contributed by atoms with E-state index in [4.69, 9.17) is 16.7 Å². The molecule has 0 saturated carbocycles. The topological polar surface area (TPSA) is 134 Å². The average Bonchev–Trinajstić information content (AvgIpc) is 2.79. The first-order chi connectivity index (χ1) is 15.3. The maximum Gasteiger partial charge on any atom is 0.319 e. The van der Waals surface area contributed by atoms with E-state index in [0.717, 1.165) is 18.4 Å². The fourth-order valence-corrected chi connectivity index (χ4v) is 4.03. The molecule has 1 aliphatic heterocycles. The Kier molecular flexibility index (Phi) is 7.11. The first kappa shape index (κ1) is 22.8. The second-order valence-electron chi connectivity index (χ2n) is 8.01. The molecule has 2 aromatic carbocycles. The number of hydrogen-bond acceptors (Lipinski definition) is 4. The second kappa shape index (κ2) is 9.96. The molecule has 0 unspecified atom stereocenters. The number of likely N-dealkylation sites (tertiary alicyclic amines) is 1. The van der Waals surface area contributed by atoms with Crippen molar-refractivity contribution in [1.82, 2.24) is 4.90 Å². The molecule has 1 heterocycles. The van der Waals surface area contributed by atoms with E-state index in [1.807, 2.05) is 36.1 Å². The lowest BCUT2D eigenvalue weighted by molar-refractivity contribution is -0.117. The van der Waals surface area contributed by atoms with Crippen LogP contribution in [-0.2, 0) is 4.79 Å². The van der Waals surface area contributed by atoms with E-state index in [2.05, 4.69) is 6.07 Å². The third kappa shape index (κ3) is 5.24. The second-order valence-corrected chi connectivity index (χ2v) is 8.01. The summed E-state index contributed by atoms with van der Waals surface area (Å²) in [7, 11) is 0. The van der Waals surface area contributed by atoms with Crippen LogP contribution in [0.3, 0.4) is 0 Å². The van der Waals surface area contributed by atoms with Gasteiger partial charge in [0, 0.05) is 37.3 Å². The number of primary amides is 2. The van der Waals surface area contributed by atoms with Crippen LogP contribution in [0.5, 0.6) is 0 Å². The maximum absolute atomic E-state index is 13.1. The summed E-state index contributed by atoms with van der Waals surface area (Å²) in [6.07, 6.45) is 1.65. The summed E-state index contributed by atoms with van der Waals surface area (Å²) < 4.78 is 0. The van der Waals surface area contributed by atoms with Crippen LogP contribution in [0.2, 0.25) is 0 Å². The molecule has 4 amide bonds. The molecule has 0 aromatic heterocycles.